The molecule has 1 fully saturated rings. The maximum atomic E-state index is 12.1. The number of nitrogens with one attached hydrogen (secondary N) is 1. The van der Waals surface area contributed by atoms with Crippen molar-refractivity contribution in [3.8, 4) is 0 Å². The van der Waals surface area contributed by atoms with Crippen LogP contribution in [0.5, 0.6) is 0 Å². The van der Waals surface area contributed by atoms with Crippen molar-refractivity contribution in [3.05, 3.63) is 28.2 Å². The molecule has 104 valence electrons. The monoisotopic (exact) mass is 301 g/mol. The van der Waals surface area contributed by atoms with Gasteiger partial charge in [-0.05, 0) is 30.5 Å². The van der Waals surface area contributed by atoms with E-state index in [1.165, 1.54) is 0 Å². The van der Waals surface area contributed by atoms with E-state index in [4.69, 9.17) is 28.9 Å². The first kappa shape index (κ1) is 14.4. The van der Waals surface area contributed by atoms with Gasteiger partial charge in [0.05, 0.1) is 10.0 Å². The summed E-state index contributed by atoms with van der Waals surface area (Å²) in [6.45, 7) is 3.41. The summed E-state index contributed by atoms with van der Waals surface area (Å²) in [7, 11) is 0. The summed E-state index contributed by atoms with van der Waals surface area (Å²) in [5.74, 6) is 0.313. The second-order valence-electron chi connectivity index (χ2n) is 4.93. The molecule has 3 N–H and O–H groups in total. The van der Waals surface area contributed by atoms with E-state index in [9.17, 15) is 4.79 Å². The Morgan fingerprint density at radius 3 is 2.79 bits per heavy atom. The van der Waals surface area contributed by atoms with Crippen LogP contribution < -0.4 is 11.1 Å². The standard InChI is InChI=1S/C13H17Cl2N3O/c1-8-7-18(5-4-12(8)16)13(19)17-9-2-3-10(14)11(15)6-9/h2-3,6,8,12H,4-5,7,16H2,1H3,(H,17,19). The molecule has 0 spiro atoms. The Morgan fingerprint density at radius 1 is 1.42 bits per heavy atom. The topological polar surface area (TPSA) is 58.4 Å². The van der Waals surface area contributed by atoms with Gasteiger partial charge in [0.15, 0.2) is 0 Å². The van der Waals surface area contributed by atoms with Gasteiger partial charge < -0.3 is 16.0 Å². The number of amides is 2. The molecule has 2 rings (SSSR count). The summed E-state index contributed by atoms with van der Waals surface area (Å²) < 4.78 is 0. The average Bonchev–Trinajstić information content (AvgIpc) is 2.37. The van der Waals surface area contributed by atoms with Crippen molar-refractivity contribution in [1.29, 1.82) is 0 Å². The number of carbonyl (C=O) groups excluding carboxylic acids is 1. The number of rotatable bonds is 1. The Kier molecular flexibility index (Phi) is 4.55. The Balaban J connectivity index is 1.99. The third kappa shape index (κ3) is 3.53. The van der Waals surface area contributed by atoms with E-state index in [2.05, 4.69) is 12.2 Å². The predicted molar refractivity (Wildman–Crippen MR) is 78.8 cm³/mol. The van der Waals surface area contributed by atoms with Gasteiger partial charge in [0.2, 0.25) is 0 Å². The summed E-state index contributed by atoms with van der Waals surface area (Å²) in [4.78, 5) is 13.9. The van der Waals surface area contributed by atoms with E-state index in [0.29, 0.717) is 34.7 Å². The maximum Gasteiger partial charge on any atom is 0.321 e. The Hall–Kier alpha value is -0.970. The first-order chi connectivity index (χ1) is 8.97. The number of benzene rings is 1. The minimum absolute atomic E-state index is 0.128. The summed E-state index contributed by atoms with van der Waals surface area (Å²) in [5, 5.41) is 3.71. The van der Waals surface area contributed by atoms with Crippen molar-refractivity contribution in [3.63, 3.8) is 0 Å². The molecule has 6 heteroatoms. The van der Waals surface area contributed by atoms with Crippen LogP contribution in [-0.2, 0) is 0 Å². The van der Waals surface area contributed by atoms with Crippen LogP contribution in [0, 0.1) is 5.92 Å². The summed E-state index contributed by atoms with van der Waals surface area (Å²) in [5.41, 5.74) is 6.58. The van der Waals surface area contributed by atoms with Crippen molar-refractivity contribution >= 4 is 34.9 Å². The SMILES string of the molecule is CC1CN(C(=O)Nc2ccc(Cl)c(Cl)c2)CCC1N. The van der Waals surface area contributed by atoms with Gasteiger partial charge in [-0.1, -0.05) is 30.1 Å². The first-order valence-corrected chi connectivity index (χ1v) is 6.99. The van der Waals surface area contributed by atoms with Crippen LogP contribution in [0.25, 0.3) is 0 Å². The number of anilines is 1. The van der Waals surface area contributed by atoms with Gasteiger partial charge in [0, 0.05) is 24.8 Å². The Labute approximate surface area is 122 Å². The van der Waals surface area contributed by atoms with Crippen LogP contribution in [0.1, 0.15) is 13.3 Å². The number of hydrogen-bond donors (Lipinski definition) is 2. The van der Waals surface area contributed by atoms with E-state index in [1.807, 2.05) is 0 Å². The highest BCUT2D eigenvalue weighted by Gasteiger charge is 2.26. The fourth-order valence-corrected chi connectivity index (χ4v) is 2.42. The number of urea groups is 1. The maximum absolute atomic E-state index is 12.1. The van der Waals surface area contributed by atoms with Crippen molar-refractivity contribution in [2.24, 2.45) is 11.7 Å². The molecule has 1 aromatic carbocycles. The largest absolute Gasteiger partial charge is 0.327 e. The van der Waals surface area contributed by atoms with Gasteiger partial charge in [-0.2, -0.15) is 0 Å². The van der Waals surface area contributed by atoms with Gasteiger partial charge >= 0.3 is 6.03 Å². The number of halogens is 2. The van der Waals surface area contributed by atoms with Gasteiger partial charge in [-0.25, -0.2) is 4.79 Å². The van der Waals surface area contributed by atoms with Gasteiger partial charge in [0.1, 0.15) is 0 Å². The van der Waals surface area contributed by atoms with Crippen LogP contribution in [0.3, 0.4) is 0 Å². The molecule has 0 aliphatic carbocycles. The van der Waals surface area contributed by atoms with Gasteiger partial charge in [-0.15, -0.1) is 0 Å². The van der Waals surface area contributed by atoms with Crippen molar-refractivity contribution in [2.75, 3.05) is 18.4 Å². The molecule has 0 aromatic heterocycles. The number of carbonyl (C=O) groups is 1. The lowest BCUT2D eigenvalue weighted by atomic mass is 9.95. The molecule has 0 bridgehead atoms. The Morgan fingerprint density at radius 2 is 2.16 bits per heavy atom. The molecule has 1 heterocycles. The number of nitrogens with two attached hydrogens (primary N) is 1. The fraction of sp³-hybridized carbons (Fsp3) is 0.462. The second-order valence-corrected chi connectivity index (χ2v) is 5.75. The van der Waals surface area contributed by atoms with Gasteiger partial charge in [0.25, 0.3) is 0 Å². The average molecular weight is 302 g/mol. The van der Waals surface area contributed by atoms with Crippen LogP contribution >= 0.6 is 23.2 Å². The number of likely N-dealkylation sites (tertiary alicyclic amines) is 1. The smallest absolute Gasteiger partial charge is 0.321 e. The summed E-state index contributed by atoms with van der Waals surface area (Å²) in [6.07, 6.45) is 0.829. The van der Waals surface area contributed by atoms with Crippen molar-refractivity contribution < 1.29 is 4.79 Å². The molecule has 2 unspecified atom stereocenters. The second kappa shape index (κ2) is 5.99. The lowest BCUT2D eigenvalue weighted by Crippen LogP contribution is -2.49. The molecule has 1 saturated heterocycles. The van der Waals surface area contributed by atoms with Crippen molar-refractivity contribution in [1.82, 2.24) is 4.90 Å². The highest BCUT2D eigenvalue weighted by Crippen LogP contribution is 2.25. The summed E-state index contributed by atoms with van der Waals surface area (Å²) in [6, 6.07) is 5.08. The van der Waals surface area contributed by atoms with E-state index < -0.39 is 0 Å². The van der Waals surface area contributed by atoms with E-state index in [0.717, 1.165) is 6.42 Å². The third-order valence-corrected chi connectivity index (χ3v) is 4.17. The minimum atomic E-state index is -0.128. The lowest BCUT2D eigenvalue weighted by molar-refractivity contribution is 0.172. The van der Waals surface area contributed by atoms with Crippen LogP contribution in [0.2, 0.25) is 10.0 Å². The fourth-order valence-electron chi connectivity index (χ4n) is 2.12. The number of piperidine rings is 1. The molecule has 2 atom stereocenters. The quantitative estimate of drug-likeness (QED) is 0.837. The van der Waals surface area contributed by atoms with Gasteiger partial charge in [-0.3, -0.25) is 0 Å². The molecule has 4 nitrogen and oxygen atoms in total. The van der Waals surface area contributed by atoms with E-state index >= 15 is 0 Å². The zero-order chi connectivity index (χ0) is 14.0. The molecule has 1 aliphatic heterocycles. The minimum Gasteiger partial charge on any atom is -0.327 e. The molecular weight excluding hydrogens is 285 g/mol. The molecule has 19 heavy (non-hydrogen) atoms. The molecule has 2 amide bonds. The molecule has 0 radical (unpaired) electrons. The number of nitrogens with zero attached hydrogens (tertiary/aromatic N) is 1. The molecular formula is C13H17Cl2N3O. The van der Waals surface area contributed by atoms with Crippen molar-refractivity contribution in [2.45, 2.75) is 19.4 Å². The molecule has 1 aliphatic rings. The zero-order valence-corrected chi connectivity index (χ0v) is 12.2. The number of hydrogen-bond acceptors (Lipinski definition) is 2. The van der Waals surface area contributed by atoms with E-state index in [-0.39, 0.29) is 12.1 Å². The van der Waals surface area contributed by atoms with Crippen LogP contribution in [-0.4, -0.2) is 30.1 Å². The molecule has 0 saturated carbocycles. The van der Waals surface area contributed by atoms with Crippen LogP contribution in [0.4, 0.5) is 10.5 Å². The Bertz CT molecular complexity index is 481. The predicted octanol–water partition coefficient (Wildman–Crippen LogP) is 3.19. The zero-order valence-electron chi connectivity index (χ0n) is 10.7. The highest BCUT2D eigenvalue weighted by molar-refractivity contribution is 6.42. The first-order valence-electron chi connectivity index (χ1n) is 6.24. The van der Waals surface area contributed by atoms with Crippen LogP contribution in [0.15, 0.2) is 18.2 Å². The van der Waals surface area contributed by atoms with E-state index in [1.54, 1.807) is 23.1 Å². The lowest BCUT2D eigenvalue weighted by Gasteiger charge is -2.35. The molecule has 1 aromatic rings. The normalized spacial score (nSPS) is 23.3. The third-order valence-electron chi connectivity index (χ3n) is 3.43. The highest BCUT2D eigenvalue weighted by atomic mass is 35.5. The summed E-state index contributed by atoms with van der Waals surface area (Å²) >= 11 is 11.7.